The van der Waals surface area contributed by atoms with Gasteiger partial charge in [-0.15, -0.1) is 0 Å². The van der Waals surface area contributed by atoms with E-state index in [-0.39, 0.29) is 34.2 Å². The summed E-state index contributed by atoms with van der Waals surface area (Å²) in [5.41, 5.74) is -3.72. The van der Waals surface area contributed by atoms with E-state index in [0.29, 0.717) is 19.1 Å². The van der Waals surface area contributed by atoms with Crippen LogP contribution in [0.15, 0.2) is 21.7 Å². The Morgan fingerprint density at radius 1 is 1.21 bits per heavy atom. The number of aryl methyl sites for hydroxylation is 1. The zero-order valence-electron chi connectivity index (χ0n) is 15.2. The molecule has 156 valence electrons. The van der Waals surface area contributed by atoms with Crippen molar-refractivity contribution >= 4 is 20.9 Å². The molecule has 0 aliphatic heterocycles. The molecule has 2 rings (SSSR count). The molecule has 0 radical (unpaired) electrons. The lowest BCUT2D eigenvalue weighted by Gasteiger charge is -2.15. The van der Waals surface area contributed by atoms with Crippen molar-refractivity contribution in [3.63, 3.8) is 0 Å². The Kier molecular flexibility index (Phi) is 6.55. The fraction of sp³-hybridized carbons (Fsp3) is 0.500. The Bertz CT molecular complexity index is 1070. The standard InChI is InChI=1S/C16H20F3N3O5S/c1-3-6-27-7-4-5-10-8-11-13(9-12(10)16(17,18)19)20-15(24)22(14(11)23)21-28(2,25)26/h8-9,21H,3-7H2,1-2H3,(H,20,24). The highest BCUT2D eigenvalue weighted by atomic mass is 32.2. The number of sulfonamides is 1. The normalized spacial score (nSPS) is 12.5. The largest absolute Gasteiger partial charge is 0.416 e. The molecule has 1 heterocycles. The van der Waals surface area contributed by atoms with Crippen molar-refractivity contribution in [1.29, 1.82) is 0 Å². The Labute approximate surface area is 158 Å². The summed E-state index contributed by atoms with van der Waals surface area (Å²) < 4.78 is 68.4. The van der Waals surface area contributed by atoms with Gasteiger partial charge in [-0.2, -0.15) is 17.8 Å². The van der Waals surface area contributed by atoms with E-state index in [1.165, 1.54) is 0 Å². The number of aromatic nitrogens is 2. The lowest BCUT2D eigenvalue weighted by atomic mass is 10.00. The Morgan fingerprint density at radius 2 is 1.89 bits per heavy atom. The molecule has 0 saturated carbocycles. The molecule has 0 amide bonds. The average Bonchev–Trinajstić information content (AvgIpc) is 2.56. The Balaban J connectivity index is 2.57. The summed E-state index contributed by atoms with van der Waals surface area (Å²) >= 11 is 0. The highest BCUT2D eigenvalue weighted by Gasteiger charge is 2.34. The van der Waals surface area contributed by atoms with E-state index in [1.54, 1.807) is 4.83 Å². The van der Waals surface area contributed by atoms with Crippen molar-refractivity contribution in [2.24, 2.45) is 0 Å². The SMILES string of the molecule is CCCOCCCc1cc2c(=O)n(NS(C)(=O)=O)c(=O)[nH]c2cc1C(F)(F)F. The van der Waals surface area contributed by atoms with Crippen LogP contribution in [-0.2, 0) is 27.4 Å². The second kappa shape index (κ2) is 8.35. The number of benzene rings is 1. The third-order valence-electron chi connectivity index (χ3n) is 3.77. The lowest BCUT2D eigenvalue weighted by molar-refractivity contribution is -0.138. The minimum absolute atomic E-state index is 0.00737. The Hall–Kier alpha value is -2.34. The van der Waals surface area contributed by atoms with Crippen LogP contribution in [0.2, 0.25) is 0 Å². The summed E-state index contributed by atoms with van der Waals surface area (Å²) in [6.45, 7) is 2.66. The zero-order valence-corrected chi connectivity index (χ0v) is 16.0. The first-order chi connectivity index (χ1) is 12.9. The van der Waals surface area contributed by atoms with E-state index < -0.39 is 33.0 Å². The van der Waals surface area contributed by atoms with Gasteiger partial charge in [0.15, 0.2) is 0 Å². The number of alkyl halides is 3. The summed E-state index contributed by atoms with van der Waals surface area (Å²) in [5, 5.41) is -0.242. The molecule has 0 aliphatic rings. The summed E-state index contributed by atoms with van der Waals surface area (Å²) in [6.07, 6.45) is -2.88. The van der Waals surface area contributed by atoms with Crippen LogP contribution in [-0.4, -0.2) is 37.5 Å². The van der Waals surface area contributed by atoms with E-state index in [0.717, 1.165) is 18.7 Å². The molecule has 1 aromatic carbocycles. The number of aromatic amines is 1. The fourth-order valence-electron chi connectivity index (χ4n) is 2.64. The van der Waals surface area contributed by atoms with Crippen molar-refractivity contribution in [2.75, 3.05) is 24.3 Å². The number of H-pyrrole nitrogens is 1. The van der Waals surface area contributed by atoms with E-state index in [9.17, 15) is 31.2 Å². The monoisotopic (exact) mass is 423 g/mol. The summed E-state index contributed by atoms with van der Waals surface area (Å²) in [4.78, 5) is 28.2. The topological polar surface area (TPSA) is 110 Å². The van der Waals surface area contributed by atoms with Gasteiger partial charge in [-0.25, -0.2) is 18.0 Å². The molecule has 0 atom stereocenters. The second-order valence-electron chi connectivity index (χ2n) is 6.20. The molecule has 8 nitrogen and oxygen atoms in total. The molecule has 12 heteroatoms. The van der Waals surface area contributed by atoms with Crippen molar-refractivity contribution in [2.45, 2.75) is 32.4 Å². The summed E-state index contributed by atoms with van der Waals surface area (Å²) in [5.74, 6) is 0. The predicted molar refractivity (Wildman–Crippen MR) is 97.5 cm³/mol. The number of nitrogens with zero attached hydrogens (tertiary/aromatic N) is 1. The molecule has 0 saturated heterocycles. The number of halogens is 3. The summed E-state index contributed by atoms with van der Waals surface area (Å²) in [7, 11) is -3.96. The van der Waals surface area contributed by atoms with Gasteiger partial charge in [-0.3, -0.25) is 4.79 Å². The van der Waals surface area contributed by atoms with Gasteiger partial charge in [-0.05, 0) is 37.0 Å². The maximum Gasteiger partial charge on any atom is 0.416 e. The first-order valence-electron chi connectivity index (χ1n) is 8.38. The van der Waals surface area contributed by atoms with E-state index in [1.807, 2.05) is 6.92 Å². The maximum absolute atomic E-state index is 13.4. The number of rotatable bonds is 8. The van der Waals surface area contributed by atoms with Crippen molar-refractivity contribution < 1.29 is 26.3 Å². The van der Waals surface area contributed by atoms with Gasteiger partial charge in [-0.1, -0.05) is 6.92 Å². The van der Waals surface area contributed by atoms with Crippen LogP contribution < -0.4 is 16.1 Å². The second-order valence-corrected chi connectivity index (χ2v) is 7.93. The van der Waals surface area contributed by atoms with E-state index in [4.69, 9.17) is 4.74 Å². The van der Waals surface area contributed by atoms with Crippen molar-refractivity contribution in [3.8, 4) is 0 Å². The van der Waals surface area contributed by atoms with Gasteiger partial charge in [0.2, 0.25) is 10.0 Å². The highest BCUT2D eigenvalue weighted by molar-refractivity contribution is 7.91. The quantitative estimate of drug-likeness (QED) is 0.627. The molecular weight excluding hydrogens is 403 g/mol. The fourth-order valence-corrected chi connectivity index (χ4v) is 3.14. The highest BCUT2D eigenvalue weighted by Crippen LogP contribution is 2.34. The smallest absolute Gasteiger partial charge is 0.381 e. The molecule has 0 unspecified atom stereocenters. The molecule has 2 N–H and O–H groups in total. The van der Waals surface area contributed by atoms with Crippen LogP contribution in [0.5, 0.6) is 0 Å². The number of ether oxygens (including phenoxy) is 1. The van der Waals surface area contributed by atoms with Crippen LogP contribution in [0.1, 0.15) is 30.9 Å². The number of hydrogen-bond donors (Lipinski definition) is 2. The lowest BCUT2D eigenvalue weighted by Crippen LogP contribution is -2.43. The first-order valence-corrected chi connectivity index (χ1v) is 10.3. The van der Waals surface area contributed by atoms with Crippen LogP contribution >= 0.6 is 0 Å². The van der Waals surface area contributed by atoms with Gasteiger partial charge in [0.25, 0.3) is 5.56 Å². The third kappa shape index (κ3) is 5.35. The predicted octanol–water partition coefficient (Wildman–Crippen LogP) is 1.57. The zero-order chi connectivity index (χ0) is 21.1. The van der Waals surface area contributed by atoms with Gasteiger partial charge >= 0.3 is 11.9 Å². The number of nitrogens with one attached hydrogen (secondary N) is 2. The summed E-state index contributed by atoms with van der Waals surface area (Å²) in [6, 6.07) is 1.71. The van der Waals surface area contributed by atoms with Gasteiger partial charge < -0.3 is 9.72 Å². The molecular formula is C16H20F3N3O5S. The van der Waals surface area contributed by atoms with Crippen LogP contribution in [0, 0.1) is 0 Å². The van der Waals surface area contributed by atoms with Crippen LogP contribution in [0.25, 0.3) is 10.9 Å². The van der Waals surface area contributed by atoms with Crippen LogP contribution in [0.4, 0.5) is 13.2 Å². The van der Waals surface area contributed by atoms with E-state index in [2.05, 4.69) is 4.98 Å². The van der Waals surface area contributed by atoms with Gasteiger partial charge in [0.05, 0.1) is 22.7 Å². The number of hydrogen-bond acceptors (Lipinski definition) is 5. The molecule has 0 bridgehead atoms. The molecule has 0 spiro atoms. The minimum Gasteiger partial charge on any atom is -0.381 e. The van der Waals surface area contributed by atoms with Crippen LogP contribution in [0.3, 0.4) is 0 Å². The Morgan fingerprint density at radius 3 is 2.46 bits per heavy atom. The molecule has 0 aliphatic carbocycles. The number of fused-ring (bicyclic) bond motifs is 1. The van der Waals surface area contributed by atoms with E-state index >= 15 is 0 Å². The maximum atomic E-state index is 13.4. The average molecular weight is 423 g/mol. The van der Waals surface area contributed by atoms with Crippen molar-refractivity contribution in [1.82, 2.24) is 9.66 Å². The van der Waals surface area contributed by atoms with Crippen molar-refractivity contribution in [3.05, 3.63) is 44.1 Å². The third-order valence-corrected chi connectivity index (χ3v) is 4.28. The molecule has 28 heavy (non-hydrogen) atoms. The minimum atomic E-state index is -4.69. The molecule has 0 fully saturated rings. The molecule has 1 aromatic heterocycles. The molecule has 2 aromatic rings. The van der Waals surface area contributed by atoms with Gasteiger partial charge in [0.1, 0.15) is 0 Å². The van der Waals surface area contributed by atoms with Gasteiger partial charge in [0, 0.05) is 13.2 Å². The first kappa shape index (κ1) is 22.0.